The Kier molecular flexibility index (Phi) is 5.33. The molecule has 3 nitrogen and oxygen atoms in total. The third-order valence-electron chi connectivity index (χ3n) is 2.91. The van der Waals surface area contributed by atoms with E-state index in [0.717, 1.165) is 10.0 Å². The van der Waals surface area contributed by atoms with Gasteiger partial charge in [-0.05, 0) is 42.8 Å². The zero-order valence-electron chi connectivity index (χ0n) is 11.5. The van der Waals surface area contributed by atoms with Crippen molar-refractivity contribution < 1.29 is 13.9 Å². The quantitative estimate of drug-likeness (QED) is 0.888. The van der Waals surface area contributed by atoms with E-state index in [1.165, 1.54) is 12.1 Å². The van der Waals surface area contributed by atoms with Crippen LogP contribution in [0.2, 0.25) is 0 Å². The molecule has 2 aromatic rings. The zero-order valence-corrected chi connectivity index (χ0v) is 13.1. The van der Waals surface area contributed by atoms with Crippen LogP contribution in [0.25, 0.3) is 0 Å². The molecular formula is C16H15BrFNO2. The van der Waals surface area contributed by atoms with Gasteiger partial charge in [0.05, 0.1) is 6.04 Å². The van der Waals surface area contributed by atoms with Crippen molar-refractivity contribution in [3.63, 3.8) is 0 Å². The Morgan fingerprint density at radius 1 is 1.29 bits per heavy atom. The first-order chi connectivity index (χ1) is 10.0. The lowest BCUT2D eigenvalue weighted by atomic mass is 10.1. The molecule has 0 bridgehead atoms. The van der Waals surface area contributed by atoms with Crippen molar-refractivity contribution in [3.05, 3.63) is 64.4 Å². The number of ether oxygens (including phenoxy) is 1. The van der Waals surface area contributed by atoms with E-state index in [0.29, 0.717) is 5.75 Å². The van der Waals surface area contributed by atoms with Crippen molar-refractivity contribution in [3.8, 4) is 5.75 Å². The van der Waals surface area contributed by atoms with Gasteiger partial charge in [0.1, 0.15) is 11.6 Å². The molecule has 0 fully saturated rings. The van der Waals surface area contributed by atoms with Crippen LogP contribution in [0.15, 0.2) is 53.0 Å². The summed E-state index contributed by atoms with van der Waals surface area (Å²) in [7, 11) is 0. The van der Waals surface area contributed by atoms with Gasteiger partial charge < -0.3 is 10.1 Å². The average Bonchev–Trinajstić information content (AvgIpc) is 2.46. The molecule has 5 heteroatoms. The molecule has 0 radical (unpaired) electrons. The standard InChI is InChI=1S/C16H15BrFNO2/c1-11(12-5-7-14(18)8-6-12)19-16(20)10-21-15-4-2-3-13(17)9-15/h2-9,11H,10H2,1H3,(H,19,20). The molecule has 0 aliphatic rings. The number of amides is 1. The second-order valence-corrected chi connectivity index (χ2v) is 5.50. The molecular weight excluding hydrogens is 337 g/mol. The van der Waals surface area contributed by atoms with Gasteiger partial charge in [-0.25, -0.2) is 4.39 Å². The maximum Gasteiger partial charge on any atom is 0.258 e. The van der Waals surface area contributed by atoms with Gasteiger partial charge in [-0.2, -0.15) is 0 Å². The van der Waals surface area contributed by atoms with Crippen LogP contribution in [-0.2, 0) is 4.79 Å². The van der Waals surface area contributed by atoms with Crippen molar-refractivity contribution in [2.24, 2.45) is 0 Å². The Morgan fingerprint density at radius 3 is 2.67 bits per heavy atom. The molecule has 0 spiro atoms. The maximum absolute atomic E-state index is 12.8. The van der Waals surface area contributed by atoms with Crippen LogP contribution in [0.3, 0.4) is 0 Å². The van der Waals surface area contributed by atoms with Crippen molar-refractivity contribution in [1.82, 2.24) is 5.32 Å². The van der Waals surface area contributed by atoms with Gasteiger partial charge in [0.2, 0.25) is 0 Å². The van der Waals surface area contributed by atoms with Gasteiger partial charge in [0, 0.05) is 4.47 Å². The van der Waals surface area contributed by atoms with Crippen LogP contribution < -0.4 is 10.1 Å². The fraction of sp³-hybridized carbons (Fsp3) is 0.188. The first-order valence-electron chi connectivity index (χ1n) is 6.48. The van der Waals surface area contributed by atoms with Crippen LogP contribution in [0.4, 0.5) is 4.39 Å². The summed E-state index contributed by atoms with van der Waals surface area (Å²) in [6.07, 6.45) is 0. The first kappa shape index (κ1) is 15.5. The summed E-state index contributed by atoms with van der Waals surface area (Å²) in [5.74, 6) is 0.0935. The molecule has 1 atom stereocenters. The highest BCUT2D eigenvalue weighted by molar-refractivity contribution is 9.10. The molecule has 0 aliphatic heterocycles. The normalized spacial score (nSPS) is 11.8. The minimum atomic E-state index is -0.296. The third kappa shape index (κ3) is 4.86. The van der Waals surface area contributed by atoms with E-state index < -0.39 is 0 Å². The lowest BCUT2D eigenvalue weighted by molar-refractivity contribution is -0.123. The highest BCUT2D eigenvalue weighted by Crippen LogP contribution is 2.18. The van der Waals surface area contributed by atoms with E-state index in [4.69, 9.17) is 4.74 Å². The highest BCUT2D eigenvalue weighted by atomic mass is 79.9. The zero-order chi connectivity index (χ0) is 15.2. The van der Waals surface area contributed by atoms with Crippen molar-refractivity contribution in [1.29, 1.82) is 0 Å². The van der Waals surface area contributed by atoms with Crippen molar-refractivity contribution in [2.45, 2.75) is 13.0 Å². The molecule has 0 heterocycles. The van der Waals surface area contributed by atoms with E-state index in [-0.39, 0.29) is 24.4 Å². The van der Waals surface area contributed by atoms with Crippen LogP contribution in [0.5, 0.6) is 5.75 Å². The summed E-state index contributed by atoms with van der Waals surface area (Å²) >= 11 is 3.33. The lowest BCUT2D eigenvalue weighted by Crippen LogP contribution is -2.31. The Hall–Kier alpha value is -1.88. The van der Waals surface area contributed by atoms with Gasteiger partial charge in [-0.3, -0.25) is 4.79 Å². The molecule has 0 aromatic heterocycles. The Labute approximate surface area is 131 Å². The van der Waals surface area contributed by atoms with Gasteiger partial charge >= 0.3 is 0 Å². The SMILES string of the molecule is CC(NC(=O)COc1cccc(Br)c1)c1ccc(F)cc1. The van der Waals surface area contributed by atoms with Gasteiger partial charge in [-0.1, -0.05) is 34.1 Å². The number of benzene rings is 2. The summed E-state index contributed by atoms with van der Waals surface area (Å²) in [4.78, 5) is 11.8. The average molecular weight is 352 g/mol. The lowest BCUT2D eigenvalue weighted by Gasteiger charge is -2.14. The van der Waals surface area contributed by atoms with Crippen LogP contribution in [-0.4, -0.2) is 12.5 Å². The first-order valence-corrected chi connectivity index (χ1v) is 7.27. The molecule has 110 valence electrons. The molecule has 1 amide bonds. The van der Waals surface area contributed by atoms with Crippen molar-refractivity contribution >= 4 is 21.8 Å². The van der Waals surface area contributed by atoms with E-state index in [1.807, 2.05) is 19.1 Å². The number of rotatable bonds is 5. The number of nitrogens with one attached hydrogen (secondary N) is 1. The maximum atomic E-state index is 12.8. The summed E-state index contributed by atoms with van der Waals surface area (Å²) in [6, 6.07) is 13.1. The number of halogens is 2. The van der Waals surface area contributed by atoms with E-state index in [1.54, 1.807) is 24.3 Å². The number of hydrogen-bond donors (Lipinski definition) is 1. The topological polar surface area (TPSA) is 38.3 Å². The number of carbonyl (C=O) groups excluding carboxylic acids is 1. The predicted octanol–water partition coefficient (Wildman–Crippen LogP) is 3.84. The summed E-state index contributed by atoms with van der Waals surface area (Å²) in [5, 5.41) is 2.80. The predicted molar refractivity (Wildman–Crippen MR) is 82.6 cm³/mol. The molecule has 1 N–H and O–H groups in total. The van der Waals surface area contributed by atoms with Gasteiger partial charge in [-0.15, -0.1) is 0 Å². The number of hydrogen-bond acceptors (Lipinski definition) is 2. The van der Waals surface area contributed by atoms with Crippen molar-refractivity contribution in [2.75, 3.05) is 6.61 Å². The smallest absolute Gasteiger partial charge is 0.258 e. The van der Waals surface area contributed by atoms with E-state index in [9.17, 15) is 9.18 Å². The third-order valence-corrected chi connectivity index (χ3v) is 3.41. The number of carbonyl (C=O) groups is 1. The molecule has 0 saturated heterocycles. The van der Waals surface area contributed by atoms with Crippen LogP contribution >= 0.6 is 15.9 Å². The highest BCUT2D eigenvalue weighted by Gasteiger charge is 2.10. The molecule has 21 heavy (non-hydrogen) atoms. The Morgan fingerprint density at radius 2 is 2.00 bits per heavy atom. The van der Waals surface area contributed by atoms with E-state index in [2.05, 4.69) is 21.2 Å². The minimum absolute atomic E-state index is 0.0675. The summed E-state index contributed by atoms with van der Waals surface area (Å²) in [5.41, 5.74) is 0.840. The minimum Gasteiger partial charge on any atom is -0.484 e. The molecule has 2 rings (SSSR count). The summed E-state index contributed by atoms with van der Waals surface area (Å²) in [6.45, 7) is 1.77. The van der Waals surface area contributed by atoms with Gasteiger partial charge in [0.25, 0.3) is 5.91 Å². The van der Waals surface area contributed by atoms with E-state index >= 15 is 0 Å². The molecule has 1 unspecified atom stereocenters. The van der Waals surface area contributed by atoms with Crippen LogP contribution in [0.1, 0.15) is 18.5 Å². The fourth-order valence-corrected chi connectivity index (χ4v) is 2.20. The molecule has 0 saturated carbocycles. The van der Waals surface area contributed by atoms with Crippen LogP contribution in [0, 0.1) is 5.82 Å². The second-order valence-electron chi connectivity index (χ2n) is 4.59. The Balaban J connectivity index is 1.85. The summed E-state index contributed by atoms with van der Waals surface area (Å²) < 4.78 is 19.1. The second kappa shape index (κ2) is 7.22. The molecule has 2 aromatic carbocycles. The monoisotopic (exact) mass is 351 g/mol. The molecule has 0 aliphatic carbocycles. The Bertz CT molecular complexity index is 616. The largest absolute Gasteiger partial charge is 0.484 e. The van der Waals surface area contributed by atoms with Gasteiger partial charge in [0.15, 0.2) is 6.61 Å². The fourth-order valence-electron chi connectivity index (χ4n) is 1.82.